The van der Waals surface area contributed by atoms with E-state index in [-0.39, 0.29) is 6.42 Å². The van der Waals surface area contributed by atoms with Gasteiger partial charge in [0.1, 0.15) is 24.6 Å². The first-order valence-electron chi connectivity index (χ1n) is 13.1. The van der Waals surface area contributed by atoms with Gasteiger partial charge in [-0.15, -0.1) is 0 Å². The molecule has 1 aromatic carbocycles. The molecule has 15 heteroatoms. The summed E-state index contributed by atoms with van der Waals surface area (Å²) in [5.74, 6) is -1.62. The molecule has 4 atom stereocenters. The van der Waals surface area contributed by atoms with E-state index in [1.807, 2.05) is 35.2 Å². The summed E-state index contributed by atoms with van der Waals surface area (Å²) in [6.07, 6.45) is 5.99. The molecule has 0 bridgehead atoms. The molecule has 14 nitrogen and oxygen atoms in total. The highest BCUT2D eigenvalue weighted by molar-refractivity contribution is 7.85. The van der Waals surface area contributed by atoms with E-state index in [0.29, 0.717) is 23.2 Å². The Morgan fingerprint density at radius 2 is 1.95 bits per heavy atom. The Morgan fingerprint density at radius 1 is 1.12 bits per heavy atom. The number of fused-ring (bicyclic) bond motifs is 5. The molecule has 1 amide bonds. The SMILES string of the molecule is CC1(C)OC2C(COS(=O)(=O)NC(=O)CCc3c[nH]c4ccccc34)OC(n3cnc4c3ncn3ccnc43)C2O1. The van der Waals surface area contributed by atoms with E-state index < -0.39 is 53.1 Å². The normalized spacial score (nSPS) is 24.0. The molecule has 0 spiro atoms. The lowest BCUT2D eigenvalue weighted by Crippen LogP contribution is -2.37. The van der Waals surface area contributed by atoms with E-state index >= 15 is 0 Å². The average molecular weight is 582 g/mol. The van der Waals surface area contributed by atoms with Crippen LogP contribution in [0.25, 0.3) is 27.7 Å². The third-order valence-corrected chi connectivity index (χ3v) is 8.20. The number of hydrogen-bond donors (Lipinski definition) is 2. The van der Waals surface area contributed by atoms with Gasteiger partial charge < -0.3 is 19.2 Å². The Hall–Kier alpha value is -3.89. The summed E-state index contributed by atoms with van der Waals surface area (Å²) in [7, 11) is -4.41. The zero-order valence-corrected chi connectivity index (χ0v) is 22.9. The number of hydrogen-bond acceptors (Lipinski definition) is 10. The third kappa shape index (κ3) is 4.74. The second-order valence-corrected chi connectivity index (χ2v) is 11.8. The Balaban J connectivity index is 1.03. The number of para-hydroxylation sites is 1. The van der Waals surface area contributed by atoms with Crippen molar-refractivity contribution < 1.29 is 31.6 Å². The third-order valence-electron chi connectivity index (χ3n) is 7.27. The predicted octanol–water partition coefficient (Wildman–Crippen LogP) is 1.99. The molecule has 2 fully saturated rings. The average Bonchev–Trinajstić information content (AvgIpc) is 3.73. The number of ether oxygens (including phenoxy) is 3. The zero-order valence-electron chi connectivity index (χ0n) is 22.1. The molecule has 4 aromatic heterocycles. The largest absolute Gasteiger partial charge is 0.362 e. The highest BCUT2D eigenvalue weighted by Crippen LogP contribution is 2.44. The summed E-state index contributed by atoms with van der Waals surface area (Å²) in [6, 6.07) is 7.69. The van der Waals surface area contributed by atoms with E-state index in [2.05, 4.69) is 19.9 Å². The minimum Gasteiger partial charge on any atom is -0.361 e. The van der Waals surface area contributed by atoms with Gasteiger partial charge in [-0.1, -0.05) is 18.2 Å². The van der Waals surface area contributed by atoms with Gasteiger partial charge in [0.05, 0.1) is 12.9 Å². The Morgan fingerprint density at radius 3 is 2.83 bits per heavy atom. The Labute approximate surface area is 233 Å². The Kier molecular flexibility index (Phi) is 6.09. The number of aryl methyl sites for hydroxylation is 1. The standard InChI is InChI=1S/C26H27N7O7S/c1-26(2)39-21-18(12-37-41(35,36)31-19(34)8-7-15-11-28-17-6-4-3-5-16(15)17)38-25(22(21)40-26)33-14-29-20-23-27-9-10-32(23)13-30-24(20)33/h3-6,9-11,13-14,18,21-22,25,28H,7-8,12H2,1-2H3,(H,31,34). The molecule has 0 saturated carbocycles. The minimum absolute atomic E-state index is 0.0349. The van der Waals surface area contributed by atoms with Crippen molar-refractivity contribution in [3.05, 3.63) is 61.1 Å². The summed E-state index contributed by atoms with van der Waals surface area (Å²) >= 11 is 0. The van der Waals surface area contributed by atoms with Crippen LogP contribution in [0.15, 0.2) is 55.5 Å². The van der Waals surface area contributed by atoms with Crippen molar-refractivity contribution in [3.8, 4) is 0 Å². The topological polar surface area (TPSA) is 164 Å². The molecule has 214 valence electrons. The number of benzene rings is 1. The quantitative estimate of drug-likeness (QED) is 0.277. The summed E-state index contributed by atoms with van der Waals surface area (Å²) in [5.41, 5.74) is 3.61. The zero-order chi connectivity index (χ0) is 28.4. The van der Waals surface area contributed by atoms with Gasteiger partial charge in [0.2, 0.25) is 5.91 Å². The predicted molar refractivity (Wildman–Crippen MR) is 144 cm³/mol. The molecular weight excluding hydrogens is 554 g/mol. The van der Waals surface area contributed by atoms with Crippen molar-refractivity contribution in [3.63, 3.8) is 0 Å². The number of carbonyl (C=O) groups excluding carboxylic acids is 1. The van der Waals surface area contributed by atoms with E-state index in [4.69, 9.17) is 18.4 Å². The fourth-order valence-corrected chi connectivity index (χ4v) is 6.27. The fourth-order valence-electron chi connectivity index (χ4n) is 5.51. The minimum atomic E-state index is -4.41. The first-order chi connectivity index (χ1) is 19.7. The lowest BCUT2D eigenvalue weighted by Gasteiger charge is -2.24. The monoisotopic (exact) mass is 581 g/mol. The number of rotatable bonds is 8. The number of imidazole rings is 2. The molecular formula is C26H27N7O7S. The maximum absolute atomic E-state index is 12.7. The van der Waals surface area contributed by atoms with E-state index in [1.54, 1.807) is 47.9 Å². The van der Waals surface area contributed by atoms with Crippen LogP contribution in [0.5, 0.6) is 0 Å². The number of aromatic amines is 1. The van der Waals surface area contributed by atoms with Gasteiger partial charge in [0.25, 0.3) is 0 Å². The second kappa shape index (κ2) is 9.60. The molecule has 2 aliphatic heterocycles. The number of H-pyrrole nitrogens is 1. The van der Waals surface area contributed by atoms with Gasteiger partial charge in [0.15, 0.2) is 28.8 Å². The maximum Gasteiger partial charge on any atom is 0.362 e. The second-order valence-electron chi connectivity index (χ2n) is 10.5. The van der Waals surface area contributed by atoms with Crippen LogP contribution in [0.3, 0.4) is 0 Å². The van der Waals surface area contributed by atoms with Gasteiger partial charge in [-0.3, -0.25) is 17.9 Å². The first-order valence-corrected chi connectivity index (χ1v) is 14.5. The number of nitrogens with zero attached hydrogens (tertiary/aromatic N) is 5. The van der Waals surface area contributed by atoms with Gasteiger partial charge in [-0.2, -0.15) is 8.42 Å². The van der Waals surface area contributed by atoms with Crippen LogP contribution in [0.2, 0.25) is 0 Å². The summed E-state index contributed by atoms with van der Waals surface area (Å²) in [4.78, 5) is 28.9. The molecule has 7 rings (SSSR count). The molecule has 5 aromatic rings. The van der Waals surface area contributed by atoms with Crippen molar-refractivity contribution in [2.75, 3.05) is 6.61 Å². The van der Waals surface area contributed by atoms with Gasteiger partial charge in [-0.05, 0) is 31.9 Å². The molecule has 4 unspecified atom stereocenters. The fraction of sp³-hybridized carbons (Fsp3) is 0.385. The maximum atomic E-state index is 12.7. The number of amides is 1. The summed E-state index contributed by atoms with van der Waals surface area (Å²) in [5, 5.41) is 0.985. The lowest BCUT2D eigenvalue weighted by atomic mass is 10.1. The molecule has 2 N–H and O–H groups in total. The van der Waals surface area contributed by atoms with Crippen LogP contribution < -0.4 is 4.72 Å². The van der Waals surface area contributed by atoms with Crippen LogP contribution in [0, 0.1) is 0 Å². The van der Waals surface area contributed by atoms with Gasteiger partial charge >= 0.3 is 10.3 Å². The number of nitrogens with one attached hydrogen (secondary N) is 2. The van der Waals surface area contributed by atoms with Gasteiger partial charge in [-0.25, -0.2) is 19.7 Å². The molecule has 0 aliphatic carbocycles. The van der Waals surface area contributed by atoms with Crippen molar-refractivity contribution >= 4 is 43.9 Å². The highest BCUT2D eigenvalue weighted by Gasteiger charge is 2.56. The van der Waals surface area contributed by atoms with E-state index in [0.717, 1.165) is 16.5 Å². The highest BCUT2D eigenvalue weighted by atomic mass is 32.2. The van der Waals surface area contributed by atoms with E-state index in [1.165, 1.54) is 0 Å². The van der Waals surface area contributed by atoms with Crippen molar-refractivity contribution in [1.82, 2.24) is 33.6 Å². The molecule has 6 heterocycles. The smallest absolute Gasteiger partial charge is 0.361 e. The molecule has 2 aliphatic rings. The van der Waals surface area contributed by atoms with Crippen LogP contribution in [-0.2, 0) is 39.9 Å². The van der Waals surface area contributed by atoms with E-state index in [9.17, 15) is 13.2 Å². The van der Waals surface area contributed by atoms with Crippen molar-refractivity contribution in [1.29, 1.82) is 0 Å². The number of carbonyl (C=O) groups is 1. The molecule has 2 saturated heterocycles. The Bertz CT molecular complexity index is 1880. The number of aromatic nitrogens is 6. The first kappa shape index (κ1) is 26.0. The van der Waals surface area contributed by atoms with Gasteiger partial charge in [0, 0.05) is 35.9 Å². The lowest BCUT2D eigenvalue weighted by molar-refractivity contribution is -0.198. The van der Waals surface area contributed by atoms with Crippen LogP contribution in [0.1, 0.15) is 32.1 Å². The molecule has 0 radical (unpaired) electrons. The van der Waals surface area contributed by atoms with Crippen molar-refractivity contribution in [2.45, 2.75) is 57.0 Å². The van der Waals surface area contributed by atoms with Crippen LogP contribution in [-0.4, -0.2) is 73.9 Å². The van der Waals surface area contributed by atoms with Crippen molar-refractivity contribution in [2.24, 2.45) is 0 Å². The summed E-state index contributed by atoms with van der Waals surface area (Å²) in [6.45, 7) is 3.14. The molecule has 41 heavy (non-hydrogen) atoms. The summed E-state index contributed by atoms with van der Waals surface area (Å²) < 4.78 is 54.3. The van der Waals surface area contributed by atoms with Crippen LogP contribution >= 0.6 is 0 Å². The van der Waals surface area contributed by atoms with Crippen LogP contribution in [0.4, 0.5) is 0 Å².